The summed E-state index contributed by atoms with van der Waals surface area (Å²) in [6.45, 7) is 10.6. The van der Waals surface area contributed by atoms with Crippen molar-refractivity contribution in [2.45, 2.75) is 46.1 Å². The van der Waals surface area contributed by atoms with Crippen LogP contribution in [0.3, 0.4) is 0 Å². The van der Waals surface area contributed by atoms with Gasteiger partial charge in [0.25, 0.3) is 0 Å². The van der Waals surface area contributed by atoms with Gasteiger partial charge in [0.2, 0.25) is 5.91 Å². The highest BCUT2D eigenvalue weighted by atomic mass is 16.5. The molecule has 4 nitrogen and oxygen atoms in total. The van der Waals surface area contributed by atoms with E-state index in [2.05, 4.69) is 10.6 Å². The highest BCUT2D eigenvalue weighted by molar-refractivity contribution is 5.82. The molecule has 1 aliphatic rings. The van der Waals surface area contributed by atoms with Crippen LogP contribution < -0.4 is 10.6 Å². The first kappa shape index (κ1) is 15.4. The average molecular weight is 256 g/mol. The van der Waals surface area contributed by atoms with Crippen LogP contribution in [0, 0.1) is 11.3 Å². The summed E-state index contributed by atoms with van der Waals surface area (Å²) in [5.41, 5.74) is -0.649. The molecule has 0 aliphatic carbocycles. The molecular formula is C14H28N2O2. The molecule has 1 aliphatic heterocycles. The van der Waals surface area contributed by atoms with Crippen LogP contribution >= 0.6 is 0 Å². The van der Waals surface area contributed by atoms with Gasteiger partial charge in [-0.3, -0.25) is 4.79 Å². The third-order valence-electron chi connectivity index (χ3n) is 3.86. The second-order valence-corrected chi connectivity index (χ2v) is 6.54. The second-order valence-electron chi connectivity index (χ2n) is 6.54. The first-order chi connectivity index (χ1) is 8.29. The Labute approximate surface area is 111 Å². The monoisotopic (exact) mass is 256 g/mol. The van der Waals surface area contributed by atoms with Crippen LogP contribution in [-0.4, -0.2) is 38.3 Å². The van der Waals surface area contributed by atoms with Crippen LogP contribution in [0.25, 0.3) is 0 Å². The van der Waals surface area contributed by atoms with Gasteiger partial charge in [-0.25, -0.2) is 0 Å². The van der Waals surface area contributed by atoms with Crippen molar-refractivity contribution >= 4 is 5.91 Å². The van der Waals surface area contributed by atoms with E-state index in [9.17, 15) is 4.79 Å². The smallest absolute Gasteiger partial charge is 0.226 e. The van der Waals surface area contributed by atoms with Crippen molar-refractivity contribution in [3.05, 3.63) is 0 Å². The highest BCUT2D eigenvalue weighted by Crippen LogP contribution is 2.32. The fourth-order valence-electron chi connectivity index (χ4n) is 2.52. The number of methoxy groups -OCH3 is 1. The largest absolute Gasteiger partial charge is 0.382 e. The van der Waals surface area contributed by atoms with Gasteiger partial charge in [0, 0.05) is 12.5 Å². The van der Waals surface area contributed by atoms with Crippen LogP contribution in [0.5, 0.6) is 0 Å². The van der Waals surface area contributed by atoms with Gasteiger partial charge in [-0.15, -0.1) is 0 Å². The van der Waals surface area contributed by atoms with Gasteiger partial charge in [-0.05, 0) is 45.7 Å². The number of amides is 1. The standard InChI is InChI=1S/C14H28N2O2/c1-13(2,10-18-5)16-12(17)14(3,4)11-7-6-8-15-9-11/h11,15H,6-10H2,1-5H3,(H,16,17). The molecule has 0 spiro atoms. The first-order valence-corrected chi connectivity index (χ1v) is 6.82. The van der Waals surface area contributed by atoms with Crippen molar-refractivity contribution < 1.29 is 9.53 Å². The number of rotatable bonds is 5. The molecule has 1 heterocycles. The quantitative estimate of drug-likeness (QED) is 0.785. The Morgan fingerprint density at radius 3 is 2.56 bits per heavy atom. The lowest BCUT2D eigenvalue weighted by Crippen LogP contribution is -2.54. The fourth-order valence-corrected chi connectivity index (χ4v) is 2.52. The second kappa shape index (κ2) is 6.02. The summed E-state index contributed by atoms with van der Waals surface area (Å²) in [6, 6.07) is 0. The number of carbonyl (C=O) groups excluding carboxylic acids is 1. The third kappa shape index (κ3) is 3.95. The minimum Gasteiger partial charge on any atom is -0.382 e. The van der Waals surface area contributed by atoms with Gasteiger partial charge in [0.05, 0.1) is 12.1 Å². The van der Waals surface area contributed by atoms with Crippen LogP contribution in [0.15, 0.2) is 0 Å². The minimum atomic E-state index is -0.335. The zero-order valence-corrected chi connectivity index (χ0v) is 12.4. The van der Waals surface area contributed by atoms with E-state index in [4.69, 9.17) is 4.74 Å². The topological polar surface area (TPSA) is 50.4 Å². The van der Waals surface area contributed by atoms with Gasteiger partial charge in [-0.1, -0.05) is 13.8 Å². The predicted octanol–water partition coefficient (Wildman–Crippen LogP) is 1.55. The molecular weight excluding hydrogens is 228 g/mol. The number of nitrogens with one attached hydrogen (secondary N) is 2. The fraction of sp³-hybridized carbons (Fsp3) is 0.929. The zero-order chi connectivity index (χ0) is 13.8. The normalized spacial score (nSPS) is 21.7. The Morgan fingerprint density at radius 2 is 2.06 bits per heavy atom. The number of carbonyl (C=O) groups is 1. The molecule has 0 aromatic carbocycles. The van der Waals surface area contributed by atoms with Crippen LogP contribution in [-0.2, 0) is 9.53 Å². The maximum atomic E-state index is 12.5. The molecule has 0 saturated carbocycles. The molecule has 18 heavy (non-hydrogen) atoms. The number of ether oxygens (including phenoxy) is 1. The predicted molar refractivity (Wildman–Crippen MR) is 73.5 cm³/mol. The lowest BCUT2D eigenvalue weighted by atomic mass is 9.74. The SMILES string of the molecule is COCC(C)(C)NC(=O)C(C)(C)C1CCCNC1. The van der Waals surface area contributed by atoms with E-state index in [1.807, 2.05) is 27.7 Å². The highest BCUT2D eigenvalue weighted by Gasteiger charge is 2.39. The maximum absolute atomic E-state index is 12.5. The van der Waals surface area contributed by atoms with Crippen molar-refractivity contribution in [3.63, 3.8) is 0 Å². The van der Waals surface area contributed by atoms with E-state index in [1.165, 1.54) is 0 Å². The first-order valence-electron chi connectivity index (χ1n) is 6.82. The van der Waals surface area contributed by atoms with Gasteiger partial charge in [-0.2, -0.15) is 0 Å². The van der Waals surface area contributed by atoms with Crippen molar-refractivity contribution in [2.24, 2.45) is 11.3 Å². The average Bonchev–Trinajstić information content (AvgIpc) is 2.29. The van der Waals surface area contributed by atoms with E-state index < -0.39 is 0 Å². The Kier molecular flexibility index (Phi) is 5.17. The van der Waals surface area contributed by atoms with Crippen LogP contribution in [0.1, 0.15) is 40.5 Å². The van der Waals surface area contributed by atoms with E-state index in [1.54, 1.807) is 7.11 Å². The van der Waals surface area contributed by atoms with Crippen molar-refractivity contribution in [1.82, 2.24) is 10.6 Å². The van der Waals surface area contributed by atoms with Crippen LogP contribution in [0.2, 0.25) is 0 Å². The molecule has 106 valence electrons. The molecule has 1 unspecified atom stereocenters. The Hall–Kier alpha value is -0.610. The molecule has 1 saturated heterocycles. The molecule has 0 bridgehead atoms. The minimum absolute atomic E-state index is 0.123. The molecule has 0 aromatic rings. The summed E-state index contributed by atoms with van der Waals surface area (Å²) in [5.74, 6) is 0.530. The van der Waals surface area contributed by atoms with E-state index in [0.29, 0.717) is 12.5 Å². The molecule has 0 radical (unpaired) electrons. The summed E-state index contributed by atoms with van der Waals surface area (Å²) in [7, 11) is 1.66. The Balaban J connectivity index is 2.63. The molecule has 1 amide bonds. The third-order valence-corrected chi connectivity index (χ3v) is 3.86. The van der Waals surface area contributed by atoms with Crippen molar-refractivity contribution in [3.8, 4) is 0 Å². The molecule has 1 rings (SSSR count). The lowest BCUT2D eigenvalue weighted by Gasteiger charge is -2.38. The molecule has 0 aromatic heterocycles. The summed E-state index contributed by atoms with van der Waals surface area (Å²) >= 11 is 0. The summed E-state index contributed by atoms with van der Waals surface area (Å²) in [6.07, 6.45) is 2.28. The Bertz CT molecular complexity index is 282. The maximum Gasteiger partial charge on any atom is 0.226 e. The molecule has 2 N–H and O–H groups in total. The van der Waals surface area contributed by atoms with Crippen molar-refractivity contribution in [1.29, 1.82) is 0 Å². The molecule has 1 fully saturated rings. The van der Waals surface area contributed by atoms with Crippen LogP contribution in [0.4, 0.5) is 0 Å². The number of piperidine rings is 1. The number of hydrogen-bond acceptors (Lipinski definition) is 3. The van der Waals surface area contributed by atoms with E-state index >= 15 is 0 Å². The number of hydrogen-bond donors (Lipinski definition) is 2. The summed E-state index contributed by atoms with van der Waals surface area (Å²) in [5, 5.41) is 6.48. The lowest BCUT2D eigenvalue weighted by molar-refractivity contribution is -0.135. The van der Waals surface area contributed by atoms with Gasteiger partial charge in [0.1, 0.15) is 0 Å². The van der Waals surface area contributed by atoms with E-state index in [-0.39, 0.29) is 16.9 Å². The van der Waals surface area contributed by atoms with E-state index in [0.717, 1.165) is 25.9 Å². The van der Waals surface area contributed by atoms with Gasteiger partial charge < -0.3 is 15.4 Å². The molecule has 1 atom stereocenters. The van der Waals surface area contributed by atoms with Gasteiger partial charge >= 0.3 is 0 Å². The summed E-state index contributed by atoms with van der Waals surface area (Å²) < 4.78 is 5.14. The van der Waals surface area contributed by atoms with Gasteiger partial charge in [0.15, 0.2) is 0 Å². The van der Waals surface area contributed by atoms with Crippen molar-refractivity contribution in [2.75, 3.05) is 26.8 Å². The summed E-state index contributed by atoms with van der Waals surface area (Å²) in [4.78, 5) is 12.5. The zero-order valence-electron chi connectivity index (χ0n) is 12.4. The molecule has 4 heteroatoms. The Morgan fingerprint density at radius 1 is 1.39 bits per heavy atom.